The number of benzene rings is 1. The van der Waals surface area contributed by atoms with Gasteiger partial charge in [-0.25, -0.2) is 0 Å². The van der Waals surface area contributed by atoms with Gasteiger partial charge in [-0.1, -0.05) is 31.4 Å². The molecule has 2 aromatic rings. The third-order valence-corrected chi connectivity index (χ3v) is 3.41. The average Bonchev–Trinajstić information content (AvgIpc) is 2.38. The Bertz CT molecular complexity index is 537. The highest BCUT2D eigenvalue weighted by molar-refractivity contribution is 6.35. The molecule has 0 bridgehead atoms. The fourth-order valence-corrected chi connectivity index (χ4v) is 2.48. The SMILES string of the molecule is CCCCCNc1c(Cl)cc(C)c2ncccc12. The molecule has 0 saturated carbocycles. The summed E-state index contributed by atoms with van der Waals surface area (Å²) in [5, 5.41) is 5.34. The third kappa shape index (κ3) is 2.75. The molecule has 0 aliphatic heterocycles. The first kappa shape index (κ1) is 13.2. The summed E-state index contributed by atoms with van der Waals surface area (Å²) >= 11 is 6.33. The monoisotopic (exact) mass is 262 g/mol. The molecule has 0 fully saturated rings. The predicted octanol–water partition coefficient (Wildman–Crippen LogP) is 4.80. The summed E-state index contributed by atoms with van der Waals surface area (Å²) in [6.45, 7) is 5.21. The van der Waals surface area contributed by atoms with Crippen LogP contribution in [0, 0.1) is 6.92 Å². The molecule has 0 unspecified atom stereocenters. The summed E-state index contributed by atoms with van der Waals surface area (Å²) in [5.41, 5.74) is 3.16. The van der Waals surface area contributed by atoms with Crippen LogP contribution in [-0.2, 0) is 0 Å². The van der Waals surface area contributed by atoms with E-state index in [1.807, 2.05) is 25.3 Å². The molecule has 2 nitrogen and oxygen atoms in total. The van der Waals surface area contributed by atoms with Crippen molar-refractivity contribution in [3.63, 3.8) is 0 Å². The minimum Gasteiger partial charge on any atom is -0.383 e. The molecule has 3 heteroatoms. The lowest BCUT2D eigenvalue weighted by Gasteiger charge is -2.13. The largest absolute Gasteiger partial charge is 0.383 e. The van der Waals surface area contributed by atoms with Gasteiger partial charge < -0.3 is 5.32 Å². The van der Waals surface area contributed by atoms with Crippen LogP contribution in [0.25, 0.3) is 10.9 Å². The van der Waals surface area contributed by atoms with Gasteiger partial charge in [0.25, 0.3) is 0 Å². The zero-order valence-electron chi connectivity index (χ0n) is 11.0. The van der Waals surface area contributed by atoms with E-state index in [-0.39, 0.29) is 0 Å². The van der Waals surface area contributed by atoms with E-state index >= 15 is 0 Å². The van der Waals surface area contributed by atoms with Crippen molar-refractivity contribution in [2.75, 3.05) is 11.9 Å². The molecule has 0 radical (unpaired) electrons. The fourth-order valence-electron chi connectivity index (χ4n) is 2.15. The molecule has 96 valence electrons. The number of aryl methyl sites for hydroxylation is 1. The van der Waals surface area contributed by atoms with Gasteiger partial charge in [0.1, 0.15) is 0 Å². The van der Waals surface area contributed by atoms with E-state index in [0.717, 1.165) is 33.7 Å². The van der Waals surface area contributed by atoms with Crippen LogP contribution in [0.15, 0.2) is 24.4 Å². The van der Waals surface area contributed by atoms with Crippen molar-refractivity contribution in [1.82, 2.24) is 4.98 Å². The van der Waals surface area contributed by atoms with Gasteiger partial charge in [-0.3, -0.25) is 4.98 Å². The van der Waals surface area contributed by atoms with Gasteiger partial charge in [0.15, 0.2) is 0 Å². The van der Waals surface area contributed by atoms with Gasteiger partial charge in [0.2, 0.25) is 0 Å². The highest BCUT2D eigenvalue weighted by atomic mass is 35.5. The highest BCUT2D eigenvalue weighted by Gasteiger charge is 2.08. The van der Waals surface area contributed by atoms with Crippen molar-refractivity contribution in [2.24, 2.45) is 0 Å². The number of aromatic nitrogens is 1. The van der Waals surface area contributed by atoms with Crippen LogP contribution in [0.2, 0.25) is 5.02 Å². The molecule has 1 heterocycles. The number of fused-ring (bicyclic) bond motifs is 1. The number of halogens is 1. The molecule has 0 spiro atoms. The molecule has 1 aromatic carbocycles. The van der Waals surface area contributed by atoms with E-state index in [1.165, 1.54) is 19.3 Å². The minimum absolute atomic E-state index is 0.782. The van der Waals surface area contributed by atoms with E-state index in [2.05, 4.69) is 23.3 Å². The Morgan fingerprint density at radius 3 is 2.94 bits per heavy atom. The second kappa shape index (κ2) is 6.05. The molecule has 0 aliphatic rings. The summed E-state index contributed by atoms with van der Waals surface area (Å²) in [6.07, 6.45) is 5.46. The van der Waals surface area contributed by atoms with Crippen molar-refractivity contribution in [2.45, 2.75) is 33.1 Å². The first-order valence-corrected chi connectivity index (χ1v) is 6.89. The number of nitrogens with zero attached hydrogens (tertiary/aromatic N) is 1. The Kier molecular flexibility index (Phi) is 4.43. The van der Waals surface area contributed by atoms with E-state index in [9.17, 15) is 0 Å². The van der Waals surface area contributed by atoms with Crippen molar-refractivity contribution in [1.29, 1.82) is 0 Å². The van der Waals surface area contributed by atoms with Gasteiger partial charge in [-0.15, -0.1) is 0 Å². The molecule has 18 heavy (non-hydrogen) atoms. The Morgan fingerprint density at radius 2 is 2.17 bits per heavy atom. The highest BCUT2D eigenvalue weighted by Crippen LogP contribution is 2.32. The summed E-state index contributed by atoms with van der Waals surface area (Å²) in [6, 6.07) is 6.01. The Balaban J connectivity index is 2.31. The van der Waals surface area contributed by atoms with Crippen LogP contribution in [0.3, 0.4) is 0 Å². The zero-order chi connectivity index (χ0) is 13.0. The smallest absolute Gasteiger partial charge is 0.0752 e. The molecule has 0 amide bonds. The maximum absolute atomic E-state index is 6.33. The number of rotatable bonds is 5. The molecule has 1 aromatic heterocycles. The number of pyridine rings is 1. The molecule has 0 atom stereocenters. The van der Waals surface area contributed by atoms with Crippen molar-refractivity contribution >= 4 is 28.2 Å². The van der Waals surface area contributed by atoms with Crippen molar-refractivity contribution in [3.05, 3.63) is 35.0 Å². The molecule has 0 aliphatic carbocycles. The van der Waals surface area contributed by atoms with E-state index in [1.54, 1.807) is 0 Å². The fraction of sp³-hybridized carbons (Fsp3) is 0.400. The standard InChI is InChI=1S/C15H19ClN2/c1-3-4-5-8-18-15-12-7-6-9-17-14(12)11(2)10-13(15)16/h6-7,9-10,18H,3-5,8H2,1-2H3. The second-order valence-corrected chi connectivity index (χ2v) is 4.99. The van der Waals surface area contributed by atoms with Crippen LogP contribution >= 0.6 is 11.6 Å². The van der Waals surface area contributed by atoms with E-state index in [0.29, 0.717) is 0 Å². The van der Waals surface area contributed by atoms with Crippen molar-refractivity contribution < 1.29 is 0 Å². The maximum Gasteiger partial charge on any atom is 0.0752 e. The third-order valence-electron chi connectivity index (χ3n) is 3.11. The molecular formula is C15H19ClN2. The molecule has 0 saturated heterocycles. The molecule has 2 rings (SSSR count). The Labute approximate surface area is 113 Å². The van der Waals surface area contributed by atoms with Crippen LogP contribution in [0.4, 0.5) is 5.69 Å². The van der Waals surface area contributed by atoms with Gasteiger partial charge >= 0.3 is 0 Å². The van der Waals surface area contributed by atoms with Crippen LogP contribution in [0.1, 0.15) is 31.7 Å². The topological polar surface area (TPSA) is 24.9 Å². The molecular weight excluding hydrogens is 244 g/mol. The second-order valence-electron chi connectivity index (χ2n) is 4.58. The van der Waals surface area contributed by atoms with Crippen LogP contribution in [0.5, 0.6) is 0 Å². The summed E-state index contributed by atoms with van der Waals surface area (Å²) < 4.78 is 0. The number of anilines is 1. The number of nitrogens with one attached hydrogen (secondary N) is 1. The minimum atomic E-state index is 0.782. The molecule has 1 N–H and O–H groups in total. The van der Waals surface area contributed by atoms with Gasteiger partial charge in [-0.2, -0.15) is 0 Å². The number of hydrogen-bond donors (Lipinski definition) is 1. The van der Waals surface area contributed by atoms with Crippen molar-refractivity contribution in [3.8, 4) is 0 Å². The predicted molar refractivity (Wildman–Crippen MR) is 79.5 cm³/mol. The average molecular weight is 263 g/mol. The summed E-state index contributed by atoms with van der Waals surface area (Å²) in [4.78, 5) is 4.43. The van der Waals surface area contributed by atoms with E-state index in [4.69, 9.17) is 11.6 Å². The Morgan fingerprint density at radius 1 is 1.33 bits per heavy atom. The lowest BCUT2D eigenvalue weighted by atomic mass is 10.1. The van der Waals surface area contributed by atoms with E-state index < -0.39 is 0 Å². The first-order chi connectivity index (χ1) is 8.74. The van der Waals surface area contributed by atoms with Crippen LogP contribution in [-0.4, -0.2) is 11.5 Å². The quantitative estimate of drug-likeness (QED) is 0.783. The first-order valence-electron chi connectivity index (χ1n) is 6.51. The summed E-state index contributed by atoms with van der Waals surface area (Å²) in [7, 11) is 0. The van der Waals surface area contributed by atoms with Gasteiger partial charge in [0, 0.05) is 18.1 Å². The van der Waals surface area contributed by atoms with Gasteiger partial charge in [0.05, 0.1) is 16.2 Å². The normalized spacial score (nSPS) is 10.8. The lowest BCUT2D eigenvalue weighted by molar-refractivity contribution is 0.744. The van der Waals surface area contributed by atoms with Gasteiger partial charge in [-0.05, 0) is 37.1 Å². The maximum atomic E-state index is 6.33. The lowest BCUT2D eigenvalue weighted by Crippen LogP contribution is -2.03. The van der Waals surface area contributed by atoms with Crippen LogP contribution < -0.4 is 5.32 Å². The Hall–Kier alpha value is -1.28. The number of unbranched alkanes of at least 4 members (excludes halogenated alkanes) is 2. The number of hydrogen-bond acceptors (Lipinski definition) is 2. The zero-order valence-corrected chi connectivity index (χ0v) is 11.7. The summed E-state index contributed by atoms with van der Waals surface area (Å²) in [5.74, 6) is 0.